The predicted molar refractivity (Wildman–Crippen MR) is 78.4 cm³/mol. The molecule has 0 amide bonds. The molecule has 0 aromatic heterocycles. The highest BCUT2D eigenvalue weighted by molar-refractivity contribution is 7.84. The molecule has 1 aromatic carbocycles. The standard InChI is InChI=1S/C14H20ClNOS/c1-2-16-14(12-5-6-12)10-18(17)9-11-3-7-13(15)8-4-11/h3-4,7-8,12,14,16H,2,5-6,9-10H2,1H3. The lowest BCUT2D eigenvalue weighted by atomic mass is 10.2. The highest BCUT2D eigenvalue weighted by Gasteiger charge is 2.31. The first kappa shape index (κ1) is 14.0. The summed E-state index contributed by atoms with van der Waals surface area (Å²) >= 11 is 5.84. The molecule has 100 valence electrons. The molecule has 2 unspecified atom stereocenters. The molecule has 2 nitrogen and oxygen atoms in total. The number of rotatable bonds is 7. The molecule has 0 saturated heterocycles. The van der Waals surface area contributed by atoms with Crippen molar-refractivity contribution < 1.29 is 4.21 Å². The van der Waals surface area contributed by atoms with Gasteiger partial charge in [0.15, 0.2) is 0 Å². The first-order chi connectivity index (χ1) is 8.69. The number of halogens is 1. The van der Waals surface area contributed by atoms with E-state index >= 15 is 0 Å². The zero-order valence-electron chi connectivity index (χ0n) is 10.7. The molecule has 1 saturated carbocycles. The van der Waals surface area contributed by atoms with Gasteiger partial charge in [-0.1, -0.05) is 30.7 Å². The summed E-state index contributed by atoms with van der Waals surface area (Å²) in [4.78, 5) is 0. The zero-order valence-corrected chi connectivity index (χ0v) is 12.3. The molecule has 1 aromatic rings. The minimum Gasteiger partial charge on any atom is -0.313 e. The molecular weight excluding hydrogens is 266 g/mol. The van der Waals surface area contributed by atoms with Gasteiger partial charge in [0.1, 0.15) is 0 Å². The van der Waals surface area contributed by atoms with Crippen LogP contribution in [0.4, 0.5) is 0 Å². The summed E-state index contributed by atoms with van der Waals surface area (Å²) < 4.78 is 12.2. The molecule has 0 spiro atoms. The monoisotopic (exact) mass is 285 g/mol. The van der Waals surface area contributed by atoms with Crippen LogP contribution in [0.15, 0.2) is 24.3 Å². The first-order valence-corrected chi connectivity index (χ1v) is 8.38. The quantitative estimate of drug-likeness (QED) is 0.834. The van der Waals surface area contributed by atoms with Crippen molar-refractivity contribution in [1.82, 2.24) is 5.32 Å². The van der Waals surface area contributed by atoms with Gasteiger partial charge in [-0.2, -0.15) is 0 Å². The van der Waals surface area contributed by atoms with Crippen LogP contribution in [0.1, 0.15) is 25.3 Å². The van der Waals surface area contributed by atoms with E-state index in [1.54, 1.807) is 0 Å². The Hall–Kier alpha value is -0.380. The maximum Gasteiger partial charge on any atom is 0.0486 e. The highest BCUT2D eigenvalue weighted by Crippen LogP contribution is 2.33. The summed E-state index contributed by atoms with van der Waals surface area (Å²) in [6.07, 6.45) is 2.58. The van der Waals surface area contributed by atoms with Crippen molar-refractivity contribution in [1.29, 1.82) is 0 Å². The summed E-state index contributed by atoms with van der Waals surface area (Å²) in [6, 6.07) is 8.07. The Morgan fingerprint density at radius 1 is 1.39 bits per heavy atom. The fourth-order valence-electron chi connectivity index (χ4n) is 2.15. The highest BCUT2D eigenvalue weighted by atomic mass is 35.5. The number of benzene rings is 1. The molecule has 1 aliphatic carbocycles. The maximum absolute atomic E-state index is 12.2. The van der Waals surface area contributed by atoms with Gasteiger partial charge in [-0.3, -0.25) is 4.21 Å². The van der Waals surface area contributed by atoms with Crippen LogP contribution < -0.4 is 5.32 Å². The van der Waals surface area contributed by atoms with Crippen LogP contribution in [0, 0.1) is 5.92 Å². The third kappa shape index (κ3) is 4.38. The van der Waals surface area contributed by atoms with Crippen molar-refractivity contribution in [2.45, 2.75) is 31.6 Å². The van der Waals surface area contributed by atoms with Crippen LogP contribution in [0.2, 0.25) is 5.02 Å². The molecular formula is C14H20ClNOS. The van der Waals surface area contributed by atoms with Crippen molar-refractivity contribution in [3.8, 4) is 0 Å². The number of hydrogen-bond donors (Lipinski definition) is 1. The van der Waals surface area contributed by atoms with Crippen LogP contribution >= 0.6 is 11.6 Å². The topological polar surface area (TPSA) is 29.1 Å². The third-order valence-electron chi connectivity index (χ3n) is 3.26. The largest absolute Gasteiger partial charge is 0.313 e. The Morgan fingerprint density at radius 2 is 2.06 bits per heavy atom. The van der Waals surface area contributed by atoms with Gasteiger partial charge in [0.2, 0.25) is 0 Å². The van der Waals surface area contributed by atoms with Gasteiger partial charge in [0.25, 0.3) is 0 Å². The third-order valence-corrected chi connectivity index (χ3v) is 4.90. The van der Waals surface area contributed by atoms with Gasteiger partial charge in [0, 0.05) is 33.4 Å². The SMILES string of the molecule is CCNC(CS(=O)Cc1ccc(Cl)cc1)C1CC1. The van der Waals surface area contributed by atoms with E-state index in [1.165, 1.54) is 12.8 Å². The molecule has 0 aliphatic heterocycles. The lowest BCUT2D eigenvalue weighted by Crippen LogP contribution is -2.36. The van der Waals surface area contributed by atoms with Crippen molar-refractivity contribution in [2.24, 2.45) is 5.92 Å². The summed E-state index contributed by atoms with van der Waals surface area (Å²) in [5.41, 5.74) is 1.10. The average molecular weight is 286 g/mol. The Bertz CT molecular complexity index is 403. The van der Waals surface area contributed by atoms with E-state index in [-0.39, 0.29) is 0 Å². The molecule has 0 heterocycles. The molecule has 2 atom stereocenters. The van der Waals surface area contributed by atoms with Crippen molar-refractivity contribution >= 4 is 22.4 Å². The second kappa shape index (κ2) is 6.69. The van der Waals surface area contributed by atoms with Gasteiger partial charge in [0.05, 0.1) is 0 Å². The Labute approximate surface area is 117 Å². The van der Waals surface area contributed by atoms with Crippen molar-refractivity contribution in [2.75, 3.05) is 12.3 Å². The van der Waals surface area contributed by atoms with E-state index < -0.39 is 10.8 Å². The van der Waals surface area contributed by atoms with Crippen LogP contribution in [0.3, 0.4) is 0 Å². The van der Waals surface area contributed by atoms with Gasteiger partial charge in [-0.05, 0) is 43.0 Å². The number of nitrogens with one attached hydrogen (secondary N) is 1. The Kier molecular flexibility index (Phi) is 5.22. The van der Waals surface area contributed by atoms with E-state index in [9.17, 15) is 4.21 Å². The van der Waals surface area contributed by atoms with E-state index in [1.807, 2.05) is 24.3 Å². The summed E-state index contributed by atoms with van der Waals surface area (Å²) in [5.74, 6) is 2.14. The maximum atomic E-state index is 12.2. The van der Waals surface area contributed by atoms with E-state index in [0.29, 0.717) is 11.8 Å². The predicted octanol–water partition coefficient (Wildman–Crippen LogP) is 2.98. The second-order valence-corrected chi connectivity index (χ2v) is 6.82. The van der Waals surface area contributed by atoms with E-state index in [2.05, 4.69) is 12.2 Å². The molecule has 18 heavy (non-hydrogen) atoms. The van der Waals surface area contributed by atoms with Crippen LogP contribution in [0.5, 0.6) is 0 Å². The molecule has 4 heteroatoms. The van der Waals surface area contributed by atoms with Gasteiger partial charge in [-0.25, -0.2) is 0 Å². The Morgan fingerprint density at radius 3 is 2.61 bits per heavy atom. The summed E-state index contributed by atoms with van der Waals surface area (Å²) in [6.45, 7) is 3.07. The van der Waals surface area contributed by atoms with Gasteiger partial charge >= 0.3 is 0 Å². The normalized spacial score (nSPS) is 18.6. The fraction of sp³-hybridized carbons (Fsp3) is 0.571. The molecule has 1 aliphatic rings. The van der Waals surface area contributed by atoms with Crippen molar-refractivity contribution in [3.63, 3.8) is 0 Å². The molecule has 0 bridgehead atoms. The minimum atomic E-state index is -0.795. The molecule has 0 radical (unpaired) electrons. The average Bonchev–Trinajstić information content (AvgIpc) is 3.16. The van der Waals surface area contributed by atoms with Crippen LogP contribution in [-0.2, 0) is 16.6 Å². The number of hydrogen-bond acceptors (Lipinski definition) is 2. The minimum absolute atomic E-state index is 0.433. The zero-order chi connectivity index (χ0) is 13.0. The summed E-state index contributed by atoms with van der Waals surface area (Å²) in [5, 5.41) is 4.19. The Balaban J connectivity index is 1.85. The fourth-order valence-corrected chi connectivity index (χ4v) is 3.75. The van der Waals surface area contributed by atoms with Crippen LogP contribution in [-0.4, -0.2) is 22.5 Å². The lowest BCUT2D eigenvalue weighted by Gasteiger charge is -2.16. The van der Waals surface area contributed by atoms with Gasteiger partial charge < -0.3 is 5.32 Å². The lowest BCUT2D eigenvalue weighted by molar-refractivity contribution is 0.514. The first-order valence-electron chi connectivity index (χ1n) is 6.52. The van der Waals surface area contributed by atoms with Crippen molar-refractivity contribution in [3.05, 3.63) is 34.9 Å². The molecule has 2 rings (SSSR count). The van der Waals surface area contributed by atoms with Gasteiger partial charge in [-0.15, -0.1) is 0 Å². The van der Waals surface area contributed by atoms with Crippen LogP contribution in [0.25, 0.3) is 0 Å². The van der Waals surface area contributed by atoms with E-state index in [4.69, 9.17) is 11.6 Å². The molecule has 1 N–H and O–H groups in total. The van der Waals surface area contributed by atoms with E-state index in [0.717, 1.165) is 28.8 Å². The second-order valence-electron chi connectivity index (χ2n) is 4.88. The summed E-state index contributed by atoms with van der Waals surface area (Å²) in [7, 11) is -0.795. The molecule has 1 fully saturated rings. The smallest absolute Gasteiger partial charge is 0.0486 e.